The van der Waals surface area contributed by atoms with Crippen LogP contribution in [-0.4, -0.2) is 23.3 Å². The zero-order chi connectivity index (χ0) is 23.8. The van der Waals surface area contributed by atoms with Gasteiger partial charge in [-0.15, -0.1) is 11.5 Å². The third-order valence-corrected chi connectivity index (χ3v) is 7.83. The van der Waals surface area contributed by atoms with E-state index in [9.17, 15) is 14.7 Å². The van der Waals surface area contributed by atoms with E-state index >= 15 is 4.39 Å². The van der Waals surface area contributed by atoms with E-state index in [0.29, 0.717) is 0 Å². The summed E-state index contributed by atoms with van der Waals surface area (Å²) in [7, 11) is 0. The van der Waals surface area contributed by atoms with Crippen molar-refractivity contribution in [3.05, 3.63) is 86.7 Å². The molecule has 3 fully saturated rings. The van der Waals surface area contributed by atoms with Crippen LogP contribution in [0.4, 0.5) is 10.1 Å². The van der Waals surface area contributed by atoms with E-state index in [1.165, 1.54) is 18.2 Å². The van der Waals surface area contributed by atoms with Crippen LogP contribution in [0, 0.1) is 29.1 Å². The second kappa shape index (κ2) is 9.06. The van der Waals surface area contributed by atoms with E-state index in [1.807, 2.05) is 6.07 Å². The molecule has 1 heterocycles. The van der Waals surface area contributed by atoms with Gasteiger partial charge in [-0.25, -0.2) is 4.39 Å². The van der Waals surface area contributed by atoms with Gasteiger partial charge >= 0.3 is 5.97 Å². The van der Waals surface area contributed by atoms with Crippen LogP contribution in [-0.2, 0) is 4.79 Å². The summed E-state index contributed by atoms with van der Waals surface area (Å²) in [6.07, 6.45) is 8.65. The summed E-state index contributed by atoms with van der Waals surface area (Å²) in [6, 6.07) is 6.74. The Morgan fingerprint density at radius 3 is 2.56 bits per heavy atom. The second-order valence-corrected chi connectivity index (χ2v) is 9.63. The standard InChI is InChI=1S/C28H27FN2O3/c29-23-5-1-3-16(20-13-14-31-24-6-2-4-19(32)15-22(20)24)11-12-21(23)27(30)25-17-7-9-18(10-8-17)26(25)28(33)34/h1-2,4-6,11,15,17-18,20,25-26,30-31H,7-10,13-14H2,(H,33,34). The van der Waals surface area contributed by atoms with Gasteiger partial charge in [-0.1, -0.05) is 6.07 Å². The Balaban J connectivity index is 1.54. The monoisotopic (exact) mass is 458 g/mol. The lowest BCUT2D eigenvalue weighted by Gasteiger charge is -2.47. The zero-order valence-electron chi connectivity index (χ0n) is 18.8. The van der Waals surface area contributed by atoms with Gasteiger partial charge in [0.05, 0.1) is 17.2 Å². The van der Waals surface area contributed by atoms with E-state index in [-0.39, 0.29) is 34.5 Å². The molecule has 5 nitrogen and oxygen atoms in total. The number of carboxylic acids is 1. The van der Waals surface area contributed by atoms with Crippen LogP contribution in [0.2, 0.25) is 0 Å². The molecular weight excluding hydrogens is 431 g/mol. The summed E-state index contributed by atoms with van der Waals surface area (Å²) in [4.78, 5) is 24.3. The van der Waals surface area contributed by atoms with Gasteiger partial charge in [0, 0.05) is 29.6 Å². The van der Waals surface area contributed by atoms with Crippen LogP contribution < -0.4 is 10.7 Å². The van der Waals surface area contributed by atoms with Gasteiger partial charge in [0.1, 0.15) is 5.83 Å². The molecule has 0 saturated heterocycles. The van der Waals surface area contributed by atoms with E-state index in [0.717, 1.165) is 55.5 Å². The van der Waals surface area contributed by atoms with E-state index < -0.39 is 23.6 Å². The van der Waals surface area contributed by atoms with Gasteiger partial charge < -0.3 is 15.8 Å². The second-order valence-electron chi connectivity index (χ2n) is 9.63. The highest BCUT2D eigenvalue weighted by atomic mass is 19.1. The van der Waals surface area contributed by atoms with Gasteiger partial charge in [-0.3, -0.25) is 9.59 Å². The quantitative estimate of drug-likeness (QED) is 0.431. The van der Waals surface area contributed by atoms with Gasteiger partial charge in [-0.05, 0) is 85.9 Å². The minimum absolute atomic E-state index is 0.0244. The lowest BCUT2D eigenvalue weighted by atomic mass is 9.56. The molecule has 2 bridgehead atoms. The Hall–Kier alpha value is -3.46. The molecule has 0 spiro atoms. The Morgan fingerprint density at radius 1 is 1.09 bits per heavy atom. The summed E-state index contributed by atoms with van der Waals surface area (Å²) >= 11 is 0. The molecule has 174 valence electrons. The van der Waals surface area contributed by atoms with Crippen LogP contribution in [0.25, 0.3) is 0 Å². The number of rotatable bonds is 4. The fourth-order valence-corrected chi connectivity index (χ4v) is 6.24. The number of hydrogen-bond donors (Lipinski definition) is 3. The first kappa shape index (κ1) is 22.3. The summed E-state index contributed by atoms with van der Waals surface area (Å²) in [6.45, 7) is 0.719. The van der Waals surface area contributed by atoms with Crippen molar-refractivity contribution < 1.29 is 14.3 Å². The highest BCUT2D eigenvalue weighted by Crippen LogP contribution is 2.50. The van der Waals surface area contributed by atoms with Crippen LogP contribution in [0.5, 0.6) is 0 Å². The highest BCUT2D eigenvalue weighted by molar-refractivity contribution is 6.04. The van der Waals surface area contributed by atoms with Crippen LogP contribution >= 0.6 is 0 Å². The zero-order valence-corrected chi connectivity index (χ0v) is 18.8. The maximum Gasteiger partial charge on any atom is 0.307 e. The highest BCUT2D eigenvalue weighted by Gasteiger charge is 2.49. The molecule has 1 aromatic carbocycles. The maximum atomic E-state index is 15.1. The third kappa shape index (κ3) is 4.00. The topological polar surface area (TPSA) is 90.3 Å². The number of fused-ring (bicyclic) bond motifs is 4. The van der Waals surface area contributed by atoms with Crippen molar-refractivity contribution in [1.29, 1.82) is 5.41 Å². The number of aliphatic carboxylic acids is 1. The number of hydrogen-bond acceptors (Lipinski definition) is 4. The third-order valence-electron chi connectivity index (χ3n) is 7.83. The van der Waals surface area contributed by atoms with Crippen LogP contribution in [0.15, 0.2) is 75.7 Å². The SMILES string of the molecule is N=C(C1=C=CC(C2CCNc3cccc(=O)cc32)=C=CC=C1F)C1C2CCC(CC2)C1C(=O)O. The van der Waals surface area contributed by atoms with Crippen LogP contribution in [0.3, 0.4) is 0 Å². The fraction of sp³-hybridized carbons (Fsp3) is 0.393. The van der Waals surface area contributed by atoms with Crippen LogP contribution in [0.1, 0.15) is 43.6 Å². The van der Waals surface area contributed by atoms with Crippen molar-refractivity contribution in [3.8, 4) is 0 Å². The number of nitrogens with one attached hydrogen (secondary N) is 2. The van der Waals surface area contributed by atoms with Gasteiger partial charge in [-0.2, -0.15) is 0 Å². The molecule has 3 atom stereocenters. The molecule has 0 amide bonds. The van der Waals surface area contributed by atoms with Crippen molar-refractivity contribution in [1.82, 2.24) is 0 Å². The number of allylic oxidation sites excluding steroid dienone is 4. The predicted molar refractivity (Wildman–Crippen MR) is 129 cm³/mol. The lowest BCUT2D eigenvalue weighted by Crippen LogP contribution is -2.47. The summed E-state index contributed by atoms with van der Waals surface area (Å²) in [5.74, 6) is -2.63. The molecule has 5 aliphatic rings. The number of carbonyl (C=O) groups is 1. The number of carboxylic acid groups (broad SMARTS) is 1. The first-order valence-corrected chi connectivity index (χ1v) is 11.9. The first-order valence-electron chi connectivity index (χ1n) is 11.9. The minimum atomic E-state index is -0.892. The largest absolute Gasteiger partial charge is 0.481 e. The van der Waals surface area contributed by atoms with Crippen molar-refractivity contribution >= 4 is 17.4 Å². The summed E-state index contributed by atoms with van der Waals surface area (Å²) in [5, 5.41) is 22.1. The van der Waals surface area contributed by atoms with E-state index in [2.05, 4.69) is 16.8 Å². The minimum Gasteiger partial charge on any atom is -0.481 e. The molecule has 3 unspecified atom stereocenters. The molecule has 0 aromatic heterocycles. The smallest absolute Gasteiger partial charge is 0.307 e. The molecule has 4 aliphatic carbocycles. The first-order chi connectivity index (χ1) is 16.4. The molecule has 3 N–H and O–H groups in total. The molecule has 6 heteroatoms. The molecule has 34 heavy (non-hydrogen) atoms. The Labute approximate surface area is 197 Å². The normalized spacial score (nSPS) is 29.6. The van der Waals surface area contributed by atoms with Crippen molar-refractivity contribution in [2.45, 2.75) is 38.0 Å². The van der Waals surface area contributed by atoms with E-state index in [1.54, 1.807) is 18.2 Å². The summed E-state index contributed by atoms with van der Waals surface area (Å²) < 4.78 is 15.1. The fourth-order valence-electron chi connectivity index (χ4n) is 6.24. The molecule has 3 saturated carbocycles. The van der Waals surface area contributed by atoms with Crippen molar-refractivity contribution in [3.63, 3.8) is 0 Å². The van der Waals surface area contributed by atoms with Crippen molar-refractivity contribution in [2.75, 3.05) is 11.9 Å². The Kier molecular flexibility index (Phi) is 5.95. The number of halogens is 1. The van der Waals surface area contributed by atoms with Crippen molar-refractivity contribution in [2.24, 2.45) is 23.7 Å². The molecule has 6 rings (SSSR count). The molecule has 1 aliphatic heterocycles. The van der Waals surface area contributed by atoms with Gasteiger partial charge in [0.15, 0.2) is 5.43 Å². The average Bonchev–Trinajstić information content (AvgIpc) is 3.02. The molecule has 0 radical (unpaired) electrons. The van der Waals surface area contributed by atoms with Gasteiger partial charge in [0.25, 0.3) is 0 Å². The van der Waals surface area contributed by atoms with Gasteiger partial charge in [0.2, 0.25) is 0 Å². The Morgan fingerprint density at radius 2 is 1.82 bits per heavy atom. The number of anilines is 1. The molecule has 1 aromatic rings. The summed E-state index contributed by atoms with van der Waals surface area (Å²) in [5.41, 5.74) is 8.58. The van der Waals surface area contributed by atoms with E-state index in [4.69, 9.17) is 5.41 Å². The average molecular weight is 459 g/mol. The maximum absolute atomic E-state index is 15.1. The predicted octanol–water partition coefficient (Wildman–Crippen LogP) is 5.13. The lowest BCUT2D eigenvalue weighted by molar-refractivity contribution is -0.149. The molecular formula is C28H27FN2O3. The Bertz CT molecular complexity index is 1270.